The van der Waals surface area contributed by atoms with Crippen LogP contribution in [0.1, 0.15) is 35.4 Å². The number of amides is 1. The Kier molecular flexibility index (Phi) is 5.63. The van der Waals surface area contributed by atoms with E-state index in [0.717, 1.165) is 21.1 Å². The molecule has 0 unspecified atom stereocenters. The van der Waals surface area contributed by atoms with Gasteiger partial charge >= 0.3 is 5.97 Å². The van der Waals surface area contributed by atoms with Crippen LogP contribution in [-0.4, -0.2) is 23.5 Å². The van der Waals surface area contributed by atoms with Gasteiger partial charge in [-0.1, -0.05) is 0 Å². The molecule has 1 heterocycles. The zero-order valence-electron chi connectivity index (χ0n) is 10.7. The lowest BCUT2D eigenvalue weighted by Gasteiger charge is -2.26. The number of aliphatic carboxylic acids is 1. The molecule has 0 aromatic carbocycles. The number of hydrogen-bond donors (Lipinski definition) is 2. The Bertz CT molecular complexity index is 490. The van der Waals surface area contributed by atoms with Crippen molar-refractivity contribution in [3.8, 4) is 0 Å². The van der Waals surface area contributed by atoms with Gasteiger partial charge in [-0.05, 0) is 69.5 Å². The smallest absolute Gasteiger partial charge is 0.306 e. The van der Waals surface area contributed by atoms with Crippen LogP contribution in [-0.2, 0) is 4.79 Å². The molecule has 0 saturated heterocycles. The quantitative estimate of drug-likeness (QED) is 0.770. The number of nitrogens with one attached hydrogen (secondary N) is 1. The van der Waals surface area contributed by atoms with Gasteiger partial charge in [0.15, 0.2) is 0 Å². The van der Waals surface area contributed by atoms with E-state index in [1.807, 2.05) is 0 Å². The second-order valence-corrected chi connectivity index (χ2v) is 8.22. The molecule has 0 aliphatic heterocycles. The van der Waals surface area contributed by atoms with Crippen molar-refractivity contribution in [1.82, 2.24) is 5.32 Å². The maximum Gasteiger partial charge on any atom is 0.306 e. The molecule has 4 nitrogen and oxygen atoms in total. The Hall–Kier alpha value is -0.400. The summed E-state index contributed by atoms with van der Waals surface area (Å²) >= 11 is 8.12. The molecule has 0 spiro atoms. The Balaban J connectivity index is 1.78. The Morgan fingerprint density at radius 2 is 1.95 bits per heavy atom. The minimum Gasteiger partial charge on any atom is -0.481 e. The molecular weight excluding hydrogens is 410 g/mol. The van der Waals surface area contributed by atoms with Gasteiger partial charge in [-0.15, -0.1) is 11.3 Å². The molecule has 1 aliphatic carbocycles. The topological polar surface area (TPSA) is 66.4 Å². The second kappa shape index (κ2) is 7.04. The van der Waals surface area contributed by atoms with E-state index in [0.29, 0.717) is 30.2 Å². The van der Waals surface area contributed by atoms with Crippen molar-refractivity contribution in [3.63, 3.8) is 0 Å². The molecule has 1 aliphatic rings. The van der Waals surface area contributed by atoms with Gasteiger partial charge in [0.25, 0.3) is 5.91 Å². The summed E-state index contributed by atoms with van der Waals surface area (Å²) < 4.78 is 1.79. The van der Waals surface area contributed by atoms with Gasteiger partial charge in [0.2, 0.25) is 0 Å². The van der Waals surface area contributed by atoms with Crippen LogP contribution in [0.5, 0.6) is 0 Å². The van der Waals surface area contributed by atoms with Crippen molar-refractivity contribution in [2.24, 2.45) is 11.8 Å². The minimum atomic E-state index is -0.694. The second-order valence-electron chi connectivity index (χ2n) is 5.00. The maximum absolute atomic E-state index is 12.0. The third-order valence-electron chi connectivity index (χ3n) is 3.62. The Labute approximate surface area is 138 Å². The lowest BCUT2D eigenvalue weighted by atomic mass is 9.82. The van der Waals surface area contributed by atoms with Crippen molar-refractivity contribution in [2.45, 2.75) is 25.7 Å². The summed E-state index contributed by atoms with van der Waals surface area (Å²) in [6.07, 6.45) is 3.17. The number of hydrogen-bond acceptors (Lipinski definition) is 3. The van der Waals surface area contributed by atoms with Crippen molar-refractivity contribution < 1.29 is 14.7 Å². The zero-order chi connectivity index (χ0) is 14.7. The molecule has 2 N–H and O–H groups in total. The first kappa shape index (κ1) is 16.0. The van der Waals surface area contributed by atoms with Crippen molar-refractivity contribution in [1.29, 1.82) is 0 Å². The van der Waals surface area contributed by atoms with Crippen LogP contribution in [0.3, 0.4) is 0 Å². The fourth-order valence-electron chi connectivity index (χ4n) is 2.40. The fourth-order valence-corrected chi connectivity index (χ4v) is 4.35. The molecular formula is C13H15Br2NO3S. The van der Waals surface area contributed by atoms with E-state index in [1.165, 1.54) is 11.3 Å². The third-order valence-corrected chi connectivity index (χ3v) is 6.87. The van der Waals surface area contributed by atoms with Gasteiger partial charge in [0.05, 0.1) is 14.6 Å². The third kappa shape index (κ3) is 4.05. The molecule has 0 bridgehead atoms. The monoisotopic (exact) mass is 423 g/mol. The first-order valence-electron chi connectivity index (χ1n) is 6.43. The van der Waals surface area contributed by atoms with Gasteiger partial charge in [-0.25, -0.2) is 0 Å². The maximum atomic E-state index is 12.0. The Morgan fingerprint density at radius 3 is 2.45 bits per heavy atom. The zero-order valence-corrected chi connectivity index (χ0v) is 14.7. The summed E-state index contributed by atoms with van der Waals surface area (Å²) in [7, 11) is 0. The molecule has 1 saturated carbocycles. The molecule has 110 valence electrons. The van der Waals surface area contributed by atoms with Crippen molar-refractivity contribution in [3.05, 3.63) is 19.2 Å². The molecule has 1 aromatic heterocycles. The molecule has 1 aromatic rings. The lowest BCUT2D eigenvalue weighted by molar-refractivity contribution is -0.143. The average Bonchev–Trinajstić information content (AvgIpc) is 2.76. The molecule has 0 atom stereocenters. The van der Waals surface area contributed by atoms with E-state index < -0.39 is 5.97 Å². The molecule has 1 amide bonds. The average molecular weight is 425 g/mol. The van der Waals surface area contributed by atoms with Crippen LogP contribution >= 0.6 is 43.2 Å². The predicted molar refractivity (Wildman–Crippen MR) is 85.1 cm³/mol. The van der Waals surface area contributed by atoms with Crippen molar-refractivity contribution >= 4 is 55.1 Å². The number of carbonyl (C=O) groups is 2. The van der Waals surface area contributed by atoms with E-state index in [4.69, 9.17) is 5.11 Å². The van der Waals surface area contributed by atoms with E-state index in [-0.39, 0.29) is 11.8 Å². The Morgan fingerprint density at radius 1 is 1.30 bits per heavy atom. The largest absolute Gasteiger partial charge is 0.481 e. The van der Waals surface area contributed by atoms with Crippen LogP contribution in [0.2, 0.25) is 0 Å². The van der Waals surface area contributed by atoms with Gasteiger partial charge in [0, 0.05) is 11.0 Å². The predicted octanol–water partition coefficient (Wildman–Crippen LogP) is 3.89. The van der Waals surface area contributed by atoms with Gasteiger partial charge < -0.3 is 10.4 Å². The van der Waals surface area contributed by atoms with E-state index in [2.05, 4.69) is 37.2 Å². The molecule has 0 radical (unpaired) electrons. The first-order valence-corrected chi connectivity index (χ1v) is 8.83. The van der Waals surface area contributed by atoms with Crippen molar-refractivity contribution in [2.75, 3.05) is 6.54 Å². The molecule has 20 heavy (non-hydrogen) atoms. The summed E-state index contributed by atoms with van der Waals surface area (Å²) in [5.74, 6) is -0.574. The first-order chi connectivity index (χ1) is 9.47. The summed E-state index contributed by atoms with van der Waals surface area (Å²) in [4.78, 5) is 23.5. The normalized spacial score (nSPS) is 22.5. The highest BCUT2D eigenvalue weighted by molar-refractivity contribution is 9.13. The summed E-state index contributed by atoms with van der Waals surface area (Å²) in [6.45, 7) is 0.623. The number of thiophene rings is 1. The van der Waals surface area contributed by atoms with Gasteiger partial charge in [-0.2, -0.15) is 0 Å². The molecule has 2 rings (SSSR count). The molecule has 1 fully saturated rings. The minimum absolute atomic E-state index is 0.0678. The van der Waals surface area contributed by atoms with Crippen LogP contribution < -0.4 is 5.32 Å². The summed E-state index contributed by atoms with van der Waals surface area (Å²) in [6, 6.07) is 1.80. The fraction of sp³-hybridized carbons (Fsp3) is 0.538. The van der Waals surface area contributed by atoms with Gasteiger partial charge in [-0.3, -0.25) is 9.59 Å². The molecule has 7 heteroatoms. The number of rotatable bonds is 4. The number of carbonyl (C=O) groups excluding carboxylic acids is 1. The van der Waals surface area contributed by atoms with Crippen LogP contribution in [0.25, 0.3) is 0 Å². The number of carboxylic acid groups (broad SMARTS) is 1. The van der Waals surface area contributed by atoms with Crippen LogP contribution in [0.4, 0.5) is 0 Å². The van der Waals surface area contributed by atoms with E-state index in [1.54, 1.807) is 6.07 Å². The summed E-state index contributed by atoms with van der Waals surface area (Å²) in [5, 5.41) is 11.9. The SMILES string of the molecule is O=C(NCC1CCC(C(=O)O)CC1)c1cc(Br)c(Br)s1. The van der Waals surface area contributed by atoms with Gasteiger partial charge in [0.1, 0.15) is 0 Å². The van der Waals surface area contributed by atoms with E-state index in [9.17, 15) is 9.59 Å². The van der Waals surface area contributed by atoms with Crippen LogP contribution in [0, 0.1) is 11.8 Å². The van der Waals surface area contributed by atoms with E-state index >= 15 is 0 Å². The summed E-state index contributed by atoms with van der Waals surface area (Å²) in [5.41, 5.74) is 0. The highest BCUT2D eigenvalue weighted by atomic mass is 79.9. The highest BCUT2D eigenvalue weighted by Crippen LogP contribution is 2.32. The number of halogens is 2. The lowest BCUT2D eigenvalue weighted by Crippen LogP contribution is -2.32. The number of carboxylic acids is 1. The van der Waals surface area contributed by atoms with Crippen LogP contribution in [0.15, 0.2) is 14.3 Å². The standard InChI is InChI=1S/C13H15Br2NO3S/c14-9-5-10(20-11(9)15)12(17)16-6-7-1-3-8(4-2-7)13(18)19/h5,7-8H,1-4,6H2,(H,16,17)(H,18,19). The highest BCUT2D eigenvalue weighted by Gasteiger charge is 2.26.